The van der Waals surface area contributed by atoms with Gasteiger partial charge in [-0.25, -0.2) is 14.8 Å². The summed E-state index contributed by atoms with van der Waals surface area (Å²) in [5.74, 6) is -0.455. The molecule has 0 saturated carbocycles. The van der Waals surface area contributed by atoms with E-state index >= 15 is 0 Å². The number of halogens is 1. The molecule has 156 valence electrons. The summed E-state index contributed by atoms with van der Waals surface area (Å²) in [5.41, 5.74) is 4.36. The molecule has 0 spiro atoms. The van der Waals surface area contributed by atoms with Gasteiger partial charge in [-0.3, -0.25) is 9.69 Å². The molecule has 4 rings (SSSR count). The van der Waals surface area contributed by atoms with Gasteiger partial charge in [0.15, 0.2) is 10.8 Å². The van der Waals surface area contributed by atoms with E-state index in [2.05, 4.69) is 25.9 Å². The van der Waals surface area contributed by atoms with Gasteiger partial charge in [0.1, 0.15) is 0 Å². The Labute approximate surface area is 192 Å². The van der Waals surface area contributed by atoms with E-state index in [0.29, 0.717) is 16.4 Å². The standard InChI is InChI=1S/C23H18BrN3O3S/c1-13-8-9-17(10-14(13)2)27(15(3)28)23-25-16(12-31-23)11-20-22(29)30-21(26-20)18-6-4-5-7-19(18)24/h4-12H,1-3H3/b20-11+. The summed E-state index contributed by atoms with van der Waals surface area (Å²) in [6.07, 6.45) is 1.56. The first-order valence-corrected chi connectivity index (χ1v) is 11.1. The minimum Gasteiger partial charge on any atom is -0.402 e. The number of hydrogen-bond acceptors (Lipinski definition) is 6. The number of nitrogens with zero attached hydrogens (tertiary/aromatic N) is 3. The van der Waals surface area contributed by atoms with Gasteiger partial charge in [0.2, 0.25) is 11.8 Å². The molecular weight excluding hydrogens is 478 g/mol. The maximum atomic E-state index is 12.4. The quantitative estimate of drug-likeness (QED) is 0.351. The Kier molecular flexibility index (Phi) is 5.84. The third kappa shape index (κ3) is 4.35. The van der Waals surface area contributed by atoms with Gasteiger partial charge in [0, 0.05) is 16.8 Å². The van der Waals surface area contributed by atoms with E-state index in [1.165, 1.54) is 18.3 Å². The minimum absolute atomic E-state index is 0.147. The van der Waals surface area contributed by atoms with Crippen LogP contribution < -0.4 is 4.90 Å². The molecule has 0 radical (unpaired) electrons. The number of aryl methyl sites for hydroxylation is 2. The summed E-state index contributed by atoms with van der Waals surface area (Å²) in [6, 6.07) is 13.2. The fourth-order valence-electron chi connectivity index (χ4n) is 3.04. The normalized spacial score (nSPS) is 14.5. The number of esters is 1. The molecule has 0 fully saturated rings. The molecule has 8 heteroatoms. The van der Waals surface area contributed by atoms with Crippen LogP contribution in [0.4, 0.5) is 10.8 Å². The Morgan fingerprint density at radius 1 is 1.16 bits per heavy atom. The van der Waals surface area contributed by atoms with Gasteiger partial charge in [-0.2, -0.15) is 0 Å². The summed E-state index contributed by atoms with van der Waals surface area (Å²) >= 11 is 4.75. The maximum Gasteiger partial charge on any atom is 0.363 e. The first-order chi connectivity index (χ1) is 14.8. The molecule has 0 N–H and O–H groups in total. The fourth-order valence-corrected chi connectivity index (χ4v) is 4.33. The molecule has 0 bridgehead atoms. The first-order valence-electron chi connectivity index (χ1n) is 9.44. The molecule has 1 amide bonds. The number of amides is 1. The predicted molar refractivity (Wildman–Crippen MR) is 126 cm³/mol. The highest BCUT2D eigenvalue weighted by Gasteiger charge is 2.26. The second kappa shape index (κ2) is 8.56. The van der Waals surface area contributed by atoms with Crippen molar-refractivity contribution in [3.8, 4) is 0 Å². The van der Waals surface area contributed by atoms with E-state index in [9.17, 15) is 9.59 Å². The zero-order valence-electron chi connectivity index (χ0n) is 17.0. The average Bonchev–Trinajstić information content (AvgIpc) is 3.32. The van der Waals surface area contributed by atoms with E-state index in [0.717, 1.165) is 21.3 Å². The van der Waals surface area contributed by atoms with E-state index in [4.69, 9.17) is 4.74 Å². The Hall–Kier alpha value is -3.10. The van der Waals surface area contributed by atoms with Crippen molar-refractivity contribution < 1.29 is 14.3 Å². The highest BCUT2D eigenvalue weighted by atomic mass is 79.9. The van der Waals surface area contributed by atoms with E-state index in [-0.39, 0.29) is 17.5 Å². The molecule has 2 heterocycles. The van der Waals surface area contributed by atoms with Crippen LogP contribution in [-0.2, 0) is 14.3 Å². The maximum absolute atomic E-state index is 12.4. The van der Waals surface area contributed by atoms with Crippen LogP contribution in [0.5, 0.6) is 0 Å². The smallest absolute Gasteiger partial charge is 0.363 e. The molecule has 1 aliphatic heterocycles. The summed E-state index contributed by atoms with van der Waals surface area (Å²) in [5, 5.41) is 2.29. The molecular formula is C23H18BrN3O3S. The number of ether oxygens (including phenoxy) is 1. The van der Waals surface area contributed by atoms with Crippen LogP contribution in [0.1, 0.15) is 29.3 Å². The van der Waals surface area contributed by atoms with Crippen molar-refractivity contribution in [3.05, 3.63) is 80.4 Å². The monoisotopic (exact) mass is 495 g/mol. The lowest BCUT2D eigenvalue weighted by atomic mass is 10.1. The topological polar surface area (TPSA) is 71.9 Å². The Morgan fingerprint density at radius 2 is 1.94 bits per heavy atom. The number of carbonyl (C=O) groups is 2. The third-order valence-electron chi connectivity index (χ3n) is 4.77. The Morgan fingerprint density at radius 3 is 2.65 bits per heavy atom. The van der Waals surface area contributed by atoms with Crippen LogP contribution >= 0.6 is 27.3 Å². The number of cyclic esters (lactones) is 1. The van der Waals surface area contributed by atoms with Gasteiger partial charge in [-0.15, -0.1) is 11.3 Å². The lowest BCUT2D eigenvalue weighted by Crippen LogP contribution is -2.22. The molecule has 0 saturated heterocycles. The summed E-state index contributed by atoms with van der Waals surface area (Å²) < 4.78 is 6.10. The van der Waals surface area contributed by atoms with Gasteiger partial charge in [-0.05, 0) is 71.2 Å². The summed E-state index contributed by atoms with van der Waals surface area (Å²) in [6.45, 7) is 5.52. The number of thiazole rings is 1. The second-order valence-electron chi connectivity index (χ2n) is 6.99. The number of hydrogen-bond donors (Lipinski definition) is 0. The lowest BCUT2D eigenvalue weighted by Gasteiger charge is -2.19. The number of aliphatic imine (C=N–C) groups is 1. The van der Waals surface area contributed by atoms with Crippen molar-refractivity contribution in [3.63, 3.8) is 0 Å². The number of aromatic nitrogens is 1. The molecule has 1 aliphatic rings. The molecule has 0 unspecified atom stereocenters. The van der Waals surface area contributed by atoms with Crippen LogP contribution in [0.2, 0.25) is 0 Å². The number of rotatable bonds is 4. The van der Waals surface area contributed by atoms with Crippen LogP contribution in [0.25, 0.3) is 6.08 Å². The molecule has 6 nitrogen and oxygen atoms in total. The van der Waals surface area contributed by atoms with E-state index in [1.807, 2.05) is 56.3 Å². The van der Waals surface area contributed by atoms with Gasteiger partial charge in [0.25, 0.3) is 0 Å². The minimum atomic E-state index is -0.544. The zero-order valence-corrected chi connectivity index (χ0v) is 19.5. The average molecular weight is 496 g/mol. The Bertz CT molecular complexity index is 1260. The summed E-state index contributed by atoms with van der Waals surface area (Å²) in [7, 11) is 0. The van der Waals surface area contributed by atoms with Gasteiger partial charge >= 0.3 is 5.97 Å². The number of benzene rings is 2. The SMILES string of the molecule is CC(=O)N(c1ccc(C)c(C)c1)c1nc(/C=C2/N=C(c3ccccc3Br)OC2=O)cs1. The van der Waals surface area contributed by atoms with Crippen molar-refractivity contribution >= 4 is 61.9 Å². The highest BCUT2D eigenvalue weighted by Crippen LogP contribution is 2.31. The van der Waals surface area contributed by atoms with Gasteiger partial charge in [0.05, 0.1) is 16.9 Å². The van der Waals surface area contributed by atoms with Crippen LogP contribution in [0.15, 0.2) is 63.0 Å². The van der Waals surface area contributed by atoms with Gasteiger partial charge < -0.3 is 4.74 Å². The van der Waals surface area contributed by atoms with E-state index < -0.39 is 5.97 Å². The zero-order chi connectivity index (χ0) is 22.1. The van der Waals surface area contributed by atoms with Crippen LogP contribution in [0.3, 0.4) is 0 Å². The van der Waals surface area contributed by atoms with Crippen LogP contribution in [0, 0.1) is 13.8 Å². The van der Waals surface area contributed by atoms with Crippen molar-refractivity contribution in [1.29, 1.82) is 0 Å². The molecule has 0 atom stereocenters. The van der Waals surface area contributed by atoms with Crippen molar-refractivity contribution in [1.82, 2.24) is 4.98 Å². The molecule has 2 aromatic carbocycles. The van der Waals surface area contributed by atoms with Crippen molar-refractivity contribution in [2.45, 2.75) is 20.8 Å². The third-order valence-corrected chi connectivity index (χ3v) is 6.31. The molecule has 3 aromatic rings. The predicted octanol–water partition coefficient (Wildman–Crippen LogP) is 5.55. The lowest BCUT2D eigenvalue weighted by molar-refractivity contribution is -0.130. The van der Waals surface area contributed by atoms with E-state index in [1.54, 1.807) is 16.4 Å². The van der Waals surface area contributed by atoms with Crippen LogP contribution in [-0.4, -0.2) is 22.8 Å². The largest absolute Gasteiger partial charge is 0.402 e. The number of carbonyl (C=O) groups excluding carboxylic acids is 2. The summed E-state index contributed by atoms with van der Waals surface area (Å²) in [4.78, 5) is 35.1. The van der Waals surface area contributed by atoms with Crippen molar-refractivity contribution in [2.75, 3.05) is 4.90 Å². The molecule has 0 aliphatic carbocycles. The first kappa shape index (κ1) is 21.1. The second-order valence-corrected chi connectivity index (χ2v) is 8.68. The highest BCUT2D eigenvalue weighted by molar-refractivity contribution is 9.10. The number of anilines is 2. The van der Waals surface area contributed by atoms with Crippen molar-refractivity contribution in [2.24, 2.45) is 4.99 Å². The van der Waals surface area contributed by atoms with Gasteiger partial charge in [-0.1, -0.05) is 18.2 Å². The Balaban J connectivity index is 1.65. The molecule has 31 heavy (non-hydrogen) atoms. The molecule has 1 aromatic heterocycles. The fraction of sp³-hybridized carbons (Fsp3) is 0.130.